The van der Waals surface area contributed by atoms with Gasteiger partial charge >= 0.3 is 0 Å². The third-order valence-electron chi connectivity index (χ3n) is 3.65. The molecule has 0 saturated heterocycles. The first-order chi connectivity index (χ1) is 12.7. The fourth-order valence-electron chi connectivity index (χ4n) is 2.49. The summed E-state index contributed by atoms with van der Waals surface area (Å²) in [6.07, 6.45) is 1.98. The molecule has 1 aromatic carbocycles. The Morgan fingerprint density at radius 1 is 1.23 bits per heavy atom. The van der Waals surface area contributed by atoms with Crippen LogP contribution in [0.25, 0.3) is 10.9 Å². The second kappa shape index (κ2) is 8.75. The van der Waals surface area contributed by atoms with E-state index in [9.17, 15) is 4.79 Å². The minimum absolute atomic E-state index is 0.110. The van der Waals surface area contributed by atoms with Crippen LogP contribution in [-0.2, 0) is 27.4 Å². The lowest BCUT2D eigenvalue weighted by molar-refractivity contribution is -0.118. The number of amides is 1. The van der Waals surface area contributed by atoms with E-state index in [4.69, 9.17) is 14.2 Å². The molecule has 0 unspecified atom stereocenters. The van der Waals surface area contributed by atoms with E-state index < -0.39 is 0 Å². The first-order valence-corrected chi connectivity index (χ1v) is 8.83. The van der Waals surface area contributed by atoms with Crippen LogP contribution in [0.4, 0.5) is 5.13 Å². The molecule has 8 nitrogen and oxygen atoms in total. The number of carbonyl (C=O) groups excluding carboxylic acids is 1. The zero-order valence-electron chi connectivity index (χ0n) is 14.6. The molecule has 26 heavy (non-hydrogen) atoms. The van der Waals surface area contributed by atoms with Crippen LogP contribution < -0.4 is 10.1 Å². The van der Waals surface area contributed by atoms with Gasteiger partial charge in [-0.15, -0.1) is 10.2 Å². The number of fused-ring (bicyclic) bond motifs is 1. The normalized spacial score (nSPS) is 11.0. The predicted octanol–water partition coefficient (Wildman–Crippen LogP) is 2.30. The van der Waals surface area contributed by atoms with Crippen LogP contribution >= 0.6 is 11.3 Å². The Labute approximate surface area is 154 Å². The molecule has 0 radical (unpaired) electrons. The van der Waals surface area contributed by atoms with Gasteiger partial charge in [-0.1, -0.05) is 17.4 Å². The number of carbonyl (C=O) groups is 1. The third kappa shape index (κ3) is 4.37. The molecule has 0 aliphatic heterocycles. The van der Waals surface area contributed by atoms with E-state index in [2.05, 4.69) is 20.1 Å². The maximum absolute atomic E-state index is 12.1. The topological polar surface area (TPSA) is 87.5 Å². The number of ether oxygens (including phenoxy) is 3. The van der Waals surface area contributed by atoms with Gasteiger partial charge in [-0.3, -0.25) is 10.1 Å². The minimum atomic E-state index is -0.291. The summed E-state index contributed by atoms with van der Waals surface area (Å²) in [4.78, 5) is 12.1. The van der Waals surface area contributed by atoms with Crippen LogP contribution in [0.15, 0.2) is 30.5 Å². The highest BCUT2D eigenvalue weighted by molar-refractivity contribution is 7.15. The zero-order valence-corrected chi connectivity index (χ0v) is 15.4. The van der Waals surface area contributed by atoms with Crippen molar-refractivity contribution in [1.29, 1.82) is 0 Å². The summed E-state index contributed by atoms with van der Waals surface area (Å²) in [6, 6.07) is 7.73. The Bertz CT molecular complexity index is 877. The summed E-state index contributed by atoms with van der Waals surface area (Å²) in [5.74, 6) is 0.368. The molecule has 3 aromatic rings. The predicted molar refractivity (Wildman–Crippen MR) is 98.6 cm³/mol. The lowest BCUT2D eigenvalue weighted by atomic mass is 10.2. The maximum atomic E-state index is 12.1. The molecule has 0 fully saturated rings. The highest BCUT2D eigenvalue weighted by atomic mass is 32.1. The van der Waals surface area contributed by atoms with Crippen molar-refractivity contribution >= 4 is 33.3 Å². The fourth-order valence-corrected chi connectivity index (χ4v) is 3.22. The summed E-state index contributed by atoms with van der Waals surface area (Å²) < 4.78 is 17.9. The van der Waals surface area contributed by atoms with E-state index in [1.165, 1.54) is 11.3 Å². The molecule has 1 amide bonds. The number of methoxy groups -OCH3 is 2. The summed E-state index contributed by atoms with van der Waals surface area (Å²) in [7, 11) is 3.26. The number of nitrogens with one attached hydrogen (secondary N) is 1. The molecule has 0 bridgehead atoms. The van der Waals surface area contributed by atoms with Crippen LogP contribution in [0.1, 0.15) is 5.01 Å². The maximum Gasteiger partial charge on any atom is 0.264 e. The first kappa shape index (κ1) is 18.3. The Kier molecular flexibility index (Phi) is 6.16. The van der Waals surface area contributed by atoms with E-state index in [1.807, 2.05) is 30.5 Å². The lowest BCUT2D eigenvalue weighted by Crippen LogP contribution is -2.20. The Morgan fingerprint density at radius 3 is 2.92 bits per heavy atom. The average Bonchev–Trinajstić information content (AvgIpc) is 3.25. The standard InChI is InChI=1S/C17H20N4O4S/c1-23-9-8-21-7-6-12-13(21)4-3-5-14(12)25-10-15(22)18-17-20-19-16(26-17)11-24-2/h3-7H,8-11H2,1-2H3,(H,18,20,22). The van der Waals surface area contributed by atoms with E-state index in [1.54, 1.807) is 14.2 Å². The number of benzene rings is 1. The monoisotopic (exact) mass is 376 g/mol. The van der Waals surface area contributed by atoms with Gasteiger partial charge in [0, 0.05) is 32.3 Å². The molecule has 0 saturated carbocycles. The Hall–Kier alpha value is -2.49. The van der Waals surface area contributed by atoms with Gasteiger partial charge in [-0.2, -0.15) is 0 Å². The molecule has 2 aromatic heterocycles. The summed E-state index contributed by atoms with van der Waals surface area (Å²) in [5, 5.41) is 12.6. The number of rotatable bonds is 9. The summed E-state index contributed by atoms with van der Waals surface area (Å²) in [5.41, 5.74) is 1.04. The van der Waals surface area contributed by atoms with Crippen molar-refractivity contribution in [2.24, 2.45) is 0 Å². The van der Waals surface area contributed by atoms with Gasteiger partial charge in [0.05, 0.1) is 12.1 Å². The van der Waals surface area contributed by atoms with E-state index in [0.717, 1.165) is 17.4 Å². The fraction of sp³-hybridized carbons (Fsp3) is 0.353. The highest BCUT2D eigenvalue weighted by Gasteiger charge is 2.11. The number of nitrogens with zero attached hydrogens (tertiary/aromatic N) is 3. The first-order valence-electron chi connectivity index (χ1n) is 8.02. The van der Waals surface area contributed by atoms with Crippen molar-refractivity contribution in [2.45, 2.75) is 13.2 Å². The van der Waals surface area contributed by atoms with E-state index in [-0.39, 0.29) is 12.5 Å². The quantitative estimate of drug-likeness (QED) is 0.617. The molecule has 0 spiro atoms. The van der Waals surface area contributed by atoms with Gasteiger partial charge in [0.1, 0.15) is 17.4 Å². The number of hydrogen-bond acceptors (Lipinski definition) is 7. The average molecular weight is 376 g/mol. The molecule has 1 N–H and O–H groups in total. The van der Waals surface area contributed by atoms with Crippen LogP contribution in [0, 0.1) is 0 Å². The van der Waals surface area contributed by atoms with Crippen molar-refractivity contribution in [2.75, 3.05) is 32.8 Å². The summed E-state index contributed by atoms with van der Waals surface area (Å²) >= 11 is 1.27. The smallest absolute Gasteiger partial charge is 0.264 e. The van der Waals surface area contributed by atoms with E-state index in [0.29, 0.717) is 29.1 Å². The van der Waals surface area contributed by atoms with Crippen molar-refractivity contribution in [3.05, 3.63) is 35.5 Å². The molecule has 0 aliphatic carbocycles. The molecule has 9 heteroatoms. The molecule has 3 rings (SSSR count). The number of aromatic nitrogens is 3. The van der Waals surface area contributed by atoms with Gasteiger partial charge in [0.25, 0.3) is 5.91 Å². The van der Waals surface area contributed by atoms with Crippen LogP contribution in [0.2, 0.25) is 0 Å². The second-order valence-electron chi connectivity index (χ2n) is 5.46. The van der Waals surface area contributed by atoms with Crippen LogP contribution in [0.3, 0.4) is 0 Å². The second-order valence-corrected chi connectivity index (χ2v) is 6.52. The molecule has 0 atom stereocenters. The van der Waals surface area contributed by atoms with E-state index >= 15 is 0 Å². The lowest BCUT2D eigenvalue weighted by Gasteiger charge is -2.08. The van der Waals surface area contributed by atoms with Crippen molar-refractivity contribution in [3.8, 4) is 5.75 Å². The molecular formula is C17H20N4O4S. The SMILES string of the molecule is COCCn1ccc2c(OCC(=O)Nc3nnc(COC)s3)cccc21. The molecular weight excluding hydrogens is 356 g/mol. The Morgan fingerprint density at radius 2 is 2.12 bits per heavy atom. The van der Waals surface area contributed by atoms with Crippen LogP contribution in [0.5, 0.6) is 5.75 Å². The largest absolute Gasteiger partial charge is 0.483 e. The summed E-state index contributed by atoms with van der Waals surface area (Å²) in [6.45, 7) is 1.64. The number of anilines is 1. The number of hydrogen-bond donors (Lipinski definition) is 1. The van der Waals surface area contributed by atoms with Gasteiger partial charge in [0.2, 0.25) is 5.13 Å². The van der Waals surface area contributed by atoms with Gasteiger partial charge in [-0.25, -0.2) is 0 Å². The van der Waals surface area contributed by atoms with Crippen molar-refractivity contribution in [3.63, 3.8) is 0 Å². The third-order valence-corrected chi connectivity index (χ3v) is 4.46. The Balaban J connectivity index is 1.61. The highest BCUT2D eigenvalue weighted by Crippen LogP contribution is 2.26. The van der Waals surface area contributed by atoms with Crippen molar-refractivity contribution in [1.82, 2.24) is 14.8 Å². The van der Waals surface area contributed by atoms with Gasteiger partial charge in [-0.05, 0) is 18.2 Å². The molecule has 138 valence electrons. The molecule has 2 heterocycles. The van der Waals surface area contributed by atoms with Crippen molar-refractivity contribution < 1.29 is 19.0 Å². The van der Waals surface area contributed by atoms with Gasteiger partial charge < -0.3 is 18.8 Å². The minimum Gasteiger partial charge on any atom is -0.483 e. The zero-order chi connectivity index (χ0) is 18.4. The van der Waals surface area contributed by atoms with Gasteiger partial charge in [0.15, 0.2) is 6.61 Å². The van der Waals surface area contributed by atoms with Crippen LogP contribution in [-0.4, -0.2) is 48.1 Å². The molecule has 0 aliphatic rings.